The van der Waals surface area contributed by atoms with E-state index in [0.29, 0.717) is 0 Å². The van der Waals surface area contributed by atoms with Crippen LogP contribution in [-0.2, 0) is 0 Å². The van der Waals surface area contributed by atoms with Crippen LogP contribution in [0.2, 0.25) is 0 Å². The lowest BCUT2D eigenvalue weighted by molar-refractivity contribution is 0.158. The summed E-state index contributed by atoms with van der Waals surface area (Å²) in [4.78, 5) is 2.66. The molecule has 0 amide bonds. The van der Waals surface area contributed by atoms with Crippen LogP contribution in [0.4, 0.5) is 0 Å². The Labute approximate surface area is 102 Å². The lowest BCUT2D eigenvalue weighted by atomic mass is 9.80. The van der Waals surface area contributed by atoms with Crippen molar-refractivity contribution >= 4 is 0 Å². The zero-order valence-electron chi connectivity index (χ0n) is 11.1. The standard InChI is InChI=1S/C15H29N/c1-2-10-16-11-8-15(9-12-16)13-14-6-4-3-5-7-14/h14-15H,2-13H2,1H3. The van der Waals surface area contributed by atoms with Crippen LogP contribution in [0, 0.1) is 11.8 Å². The molecule has 16 heavy (non-hydrogen) atoms. The SMILES string of the molecule is CCCN1CCC(CC2CCCCC2)CC1. The molecule has 0 aromatic carbocycles. The first-order valence-electron chi connectivity index (χ1n) is 7.61. The van der Waals surface area contributed by atoms with Gasteiger partial charge in [0, 0.05) is 0 Å². The summed E-state index contributed by atoms with van der Waals surface area (Å²) in [6.45, 7) is 6.39. The van der Waals surface area contributed by atoms with Gasteiger partial charge >= 0.3 is 0 Å². The number of nitrogens with zero attached hydrogens (tertiary/aromatic N) is 1. The van der Waals surface area contributed by atoms with E-state index in [0.717, 1.165) is 11.8 Å². The average molecular weight is 223 g/mol. The van der Waals surface area contributed by atoms with Crippen LogP contribution < -0.4 is 0 Å². The summed E-state index contributed by atoms with van der Waals surface area (Å²) < 4.78 is 0. The summed E-state index contributed by atoms with van der Waals surface area (Å²) in [5, 5.41) is 0. The summed E-state index contributed by atoms with van der Waals surface area (Å²) in [6.07, 6.45) is 13.5. The molecule has 0 bridgehead atoms. The first kappa shape index (κ1) is 12.4. The summed E-state index contributed by atoms with van der Waals surface area (Å²) in [5.41, 5.74) is 0. The first-order valence-corrected chi connectivity index (χ1v) is 7.61. The van der Waals surface area contributed by atoms with Gasteiger partial charge in [-0.3, -0.25) is 0 Å². The molecule has 0 radical (unpaired) electrons. The Morgan fingerprint density at radius 3 is 2.12 bits per heavy atom. The third-order valence-electron chi connectivity index (χ3n) is 4.64. The van der Waals surface area contributed by atoms with E-state index in [1.54, 1.807) is 6.42 Å². The second kappa shape index (κ2) is 6.64. The molecule has 1 saturated carbocycles. The number of likely N-dealkylation sites (tertiary alicyclic amines) is 1. The van der Waals surface area contributed by atoms with Gasteiger partial charge in [-0.2, -0.15) is 0 Å². The van der Waals surface area contributed by atoms with Gasteiger partial charge in [-0.1, -0.05) is 39.0 Å². The van der Waals surface area contributed by atoms with E-state index in [-0.39, 0.29) is 0 Å². The van der Waals surface area contributed by atoms with Gasteiger partial charge in [0.1, 0.15) is 0 Å². The van der Waals surface area contributed by atoms with E-state index in [4.69, 9.17) is 0 Å². The summed E-state index contributed by atoms with van der Waals surface area (Å²) in [5.74, 6) is 2.16. The molecular formula is C15H29N. The molecule has 94 valence electrons. The quantitative estimate of drug-likeness (QED) is 0.694. The molecule has 0 N–H and O–H groups in total. The minimum Gasteiger partial charge on any atom is -0.303 e. The Hall–Kier alpha value is -0.0400. The summed E-state index contributed by atoms with van der Waals surface area (Å²) in [6, 6.07) is 0. The van der Waals surface area contributed by atoms with E-state index < -0.39 is 0 Å². The van der Waals surface area contributed by atoms with Crippen LogP contribution in [0.3, 0.4) is 0 Å². The lowest BCUT2D eigenvalue weighted by Gasteiger charge is -2.34. The van der Waals surface area contributed by atoms with Crippen molar-refractivity contribution in [2.75, 3.05) is 19.6 Å². The maximum atomic E-state index is 2.66. The highest BCUT2D eigenvalue weighted by molar-refractivity contribution is 4.76. The summed E-state index contributed by atoms with van der Waals surface area (Å²) in [7, 11) is 0. The molecule has 1 aliphatic carbocycles. The highest BCUT2D eigenvalue weighted by Gasteiger charge is 2.22. The van der Waals surface area contributed by atoms with Crippen LogP contribution in [0.5, 0.6) is 0 Å². The second-order valence-corrected chi connectivity index (χ2v) is 6.02. The Bertz CT molecular complexity index is 176. The van der Waals surface area contributed by atoms with Gasteiger partial charge in [-0.05, 0) is 57.2 Å². The molecule has 1 nitrogen and oxygen atoms in total. The van der Waals surface area contributed by atoms with Crippen LogP contribution in [0.25, 0.3) is 0 Å². The normalized spacial score (nSPS) is 26.1. The molecular weight excluding hydrogens is 194 g/mol. The lowest BCUT2D eigenvalue weighted by Crippen LogP contribution is -2.34. The zero-order valence-corrected chi connectivity index (χ0v) is 11.1. The van der Waals surface area contributed by atoms with Crippen molar-refractivity contribution in [3.8, 4) is 0 Å². The van der Waals surface area contributed by atoms with Crippen LogP contribution >= 0.6 is 0 Å². The second-order valence-electron chi connectivity index (χ2n) is 6.02. The minimum absolute atomic E-state index is 1.07. The molecule has 0 aromatic heterocycles. The van der Waals surface area contributed by atoms with Gasteiger partial charge in [-0.15, -0.1) is 0 Å². The molecule has 0 spiro atoms. The molecule has 0 unspecified atom stereocenters. The third-order valence-corrected chi connectivity index (χ3v) is 4.64. The first-order chi connectivity index (χ1) is 7.88. The van der Waals surface area contributed by atoms with Gasteiger partial charge in [0.15, 0.2) is 0 Å². The molecule has 1 saturated heterocycles. The zero-order chi connectivity index (χ0) is 11.2. The van der Waals surface area contributed by atoms with Crippen molar-refractivity contribution in [1.82, 2.24) is 4.90 Å². The fraction of sp³-hybridized carbons (Fsp3) is 1.00. The number of rotatable bonds is 4. The number of hydrogen-bond acceptors (Lipinski definition) is 1. The predicted molar refractivity (Wildman–Crippen MR) is 70.6 cm³/mol. The van der Waals surface area contributed by atoms with E-state index in [2.05, 4.69) is 11.8 Å². The number of hydrogen-bond donors (Lipinski definition) is 0. The predicted octanol–water partition coefficient (Wildman–Crippen LogP) is 4.08. The fourth-order valence-corrected chi connectivity index (χ4v) is 3.66. The highest BCUT2D eigenvalue weighted by Crippen LogP contribution is 2.32. The van der Waals surface area contributed by atoms with E-state index in [1.807, 2.05) is 0 Å². The van der Waals surface area contributed by atoms with Gasteiger partial charge in [0.2, 0.25) is 0 Å². The molecule has 2 aliphatic rings. The van der Waals surface area contributed by atoms with Crippen LogP contribution in [0.1, 0.15) is 64.7 Å². The average Bonchev–Trinajstić information content (AvgIpc) is 2.33. The van der Waals surface area contributed by atoms with Crippen molar-refractivity contribution in [3.63, 3.8) is 0 Å². The van der Waals surface area contributed by atoms with Crippen LogP contribution in [-0.4, -0.2) is 24.5 Å². The molecule has 2 fully saturated rings. The maximum Gasteiger partial charge on any atom is -0.00161 e. The van der Waals surface area contributed by atoms with Gasteiger partial charge in [0.05, 0.1) is 0 Å². The number of piperidine rings is 1. The molecule has 0 atom stereocenters. The van der Waals surface area contributed by atoms with Gasteiger partial charge in [0.25, 0.3) is 0 Å². The van der Waals surface area contributed by atoms with Crippen molar-refractivity contribution in [1.29, 1.82) is 0 Å². The van der Waals surface area contributed by atoms with E-state index in [9.17, 15) is 0 Å². The molecule has 1 heterocycles. The topological polar surface area (TPSA) is 3.24 Å². The van der Waals surface area contributed by atoms with Crippen molar-refractivity contribution < 1.29 is 0 Å². The Morgan fingerprint density at radius 2 is 1.50 bits per heavy atom. The Morgan fingerprint density at radius 1 is 0.875 bits per heavy atom. The molecule has 0 aromatic rings. The minimum atomic E-state index is 1.07. The van der Waals surface area contributed by atoms with Crippen molar-refractivity contribution in [3.05, 3.63) is 0 Å². The van der Waals surface area contributed by atoms with E-state index in [1.165, 1.54) is 71.0 Å². The Balaban J connectivity index is 1.64. The molecule has 2 rings (SSSR count). The fourth-order valence-electron chi connectivity index (χ4n) is 3.66. The van der Waals surface area contributed by atoms with Gasteiger partial charge < -0.3 is 4.90 Å². The van der Waals surface area contributed by atoms with Crippen molar-refractivity contribution in [2.45, 2.75) is 64.7 Å². The molecule has 1 heteroatoms. The molecule has 1 aliphatic heterocycles. The largest absolute Gasteiger partial charge is 0.303 e. The summed E-state index contributed by atoms with van der Waals surface area (Å²) >= 11 is 0. The smallest absolute Gasteiger partial charge is 0.00161 e. The van der Waals surface area contributed by atoms with Crippen LogP contribution in [0.15, 0.2) is 0 Å². The maximum absolute atomic E-state index is 2.66. The van der Waals surface area contributed by atoms with E-state index >= 15 is 0 Å². The highest BCUT2D eigenvalue weighted by atomic mass is 15.1. The van der Waals surface area contributed by atoms with Crippen molar-refractivity contribution in [2.24, 2.45) is 11.8 Å². The monoisotopic (exact) mass is 223 g/mol. The Kier molecular flexibility index (Phi) is 5.15. The van der Waals surface area contributed by atoms with Gasteiger partial charge in [-0.25, -0.2) is 0 Å². The third kappa shape index (κ3) is 3.76.